The zero-order chi connectivity index (χ0) is 8.10. The summed E-state index contributed by atoms with van der Waals surface area (Å²) in [4.78, 5) is 0. The SMILES string of the molecule is CCCCC1C=COC(C)O1. The highest BCUT2D eigenvalue weighted by Gasteiger charge is 2.13. The van der Waals surface area contributed by atoms with Crippen LogP contribution in [0.2, 0.25) is 0 Å². The predicted molar refractivity (Wildman–Crippen MR) is 44.1 cm³/mol. The van der Waals surface area contributed by atoms with Crippen LogP contribution in [0.3, 0.4) is 0 Å². The van der Waals surface area contributed by atoms with Gasteiger partial charge in [-0.25, -0.2) is 0 Å². The van der Waals surface area contributed by atoms with Gasteiger partial charge >= 0.3 is 0 Å². The normalized spacial score (nSPS) is 30.0. The molecule has 64 valence electrons. The van der Waals surface area contributed by atoms with E-state index in [0.29, 0.717) is 0 Å². The molecule has 1 heterocycles. The van der Waals surface area contributed by atoms with Crippen molar-refractivity contribution in [2.45, 2.75) is 45.5 Å². The Kier molecular flexibility index (Phi) is 3.43. The van der Waals surface area contributed by atoms with Gasteiger partial charge in [0.25, 0.3) is 0 Å². The molecule has 1 rings (SSSR count). The molecule has 2 unspecified atom stereocenters. The molecule has 0 radical (unpaired) electrons. The van der Waals surface area contributed by atoms with Crippen LogP contribution in [0, 0.1) is 0 Å². The first-order valence-electron chi connectivity index (χ1n) is 4.30. The Hall–Kier alpha value is -0.500. The van der Waals surface area contributed by atoms with Crippen LogP contribution in [0.15, 0.2) is 12.3 Å². The van der Waals surface area contributed by atoms with Crippen molar-refractivity contribution in [3.8, 4) is 0 Å². The van der Waals surface area contributed by atoms with Crippen molar-refractivity contribution >= 4 is 0 Å². The van der Waals surface area contributed by atoms with Gasteiger partial charge in [0.05, 0.1) is 12.4 Å². The Morgan fingerprint density at radius 2 is 2.27 bits per heavy atom. The standard InChI is InChI=1S/C9H16O2/c1-3-4-5-9-6-7-10-8(2)11-9/h6-9H,3-5H2,1-2H3. The molecule has 0 saturated heterocycles. The second kappa shape index (κ2) is 4.39. The molecule has 0 aromatic rings. The lowest BCUT2D eigenvalue weighted by Gasteiger charge is -2.23. The summed E-state index contributed by atoms with van der Waals surface area (Å²) in [6.45, 7) is 4.11. The first-order chi connectivity index (χ1) is 5.33. The monoisotopic (exact) mass is 156 g/mol. The lowest BCUT2D eigenvalue weighted by Crippen LogP contribution is -2.23. The predicted octanol–water partition coefficient (Wildman–Crippen LogP) is 2.45. The number of rotatable bonds is 3. The van der Waals surface area contributed by atoms with Crippen LogP contribution in [0.5, 0.6) is 0 Å². The average Bonchev–Trinajstić information content (AvgIpc) is 2.01. The maximum Gasteiger partial charge on any atom is 0.196 e. The summed E-state index contributed by atoms with van der Waals surface area (Å²) in [5, 5.41) is 0. The van der Waals surface area contributed by atoms with E-state index in [-0.39, 0.29) is 12.4 Å². The molecular weight excluding hydrogens is 140 g/mol. The van der Waals surface area contributed by atoms with Crippen LogP contribution in [0.25, 0.3) is 0 Å². The van der Waals surface area contributed by atoms with Crippen LogP contribution < -0.4 is 0 Å². The average molecular weight is 156 g/mol. The maximum atomic E-state index is 5.48. The van der Waals surface area contributed by atoms with Crippen LogP contribution in [-0.2, 0) is 9.47 Å². The highest BCUT2D eigenvalue weighted by Crippen LogP contribution is 2.14. The Morgan fingerprint density at radius 1 is 1.45 bits per heavy atom. The lowest BCUT2D eigenvalue weighted by molar-refractivity contribution is -0.133. The minimum absolute atomic E-state index is 0.0677. The third kappa shape index (κ3) is 2.93. The summed E-state index contributed by atoms with van der Waals surface area (Å²) >= 11 is 0. The first kappa shape index (κ1) is 8.60. The van der Waals surface area contributed by atoms with Gasteiger partial charge in [-0.1, -0.05) is 19.8 Å². The van der Waals surface area contributed by atoms with Crippen LogP contribution >= 0.6 is 0 Å². The molecule has 0 amide bonds. The Bertz CT molecular complexity index is 132. The van der Waals surface area contributed by atoms with Gasteiger partial charge in [0.15, 0.2) is 6.29 Å². The fourth-order valence-corrected chi connectivity index (χ4v) is 1.14. The number of hydrogen-bond donors (Lipinski definition) is 0. The molecule has 2 atom stereocenters. The summed E-state index contributed by atoms with van der Waals surface area (Å²) in [5.41, 5.74) is 0. The van der Waals surface area contributed by atoms with E-state index >= 15 is 0 Å². The smallest absolute Gasteiger partial charge is 0.196 e. The first-order valence-corrected chi connectivity index (χ1v) is 4.30. The Morgan fingerprint density at radius 3 is 2.91 bits per heavy atom. The molecule has 0 bridgehead atoms. The third-order valence-electron chi connectivity index (χ3n) is 1.77. The van der Waals surface area contributed by atoms with Crippen molar-refractivity contribution in [2.24, 2.45) is 0 Å². The molecule has 11 heavy (non-hydrogen) atoms. The Labute approximate surface area is 68.2 Å². The van der Waals surface area contributed by atoms with Gasteiger partial charge in [-0.05, 0) is 19.4 Å². The van der Waals surface area contributed by atoms with Crippen LogP contribution in [0.1, 0.15) is 33.1 Å². The molecule has 0 saturated carbocycles. The van der Waals surface area contributed by atoms with Gasteiger partial charge in [-0.3, -0.25) is 0 Å². The van der Waals surface area contributed by atoms with E-state index in [1.807, 2.05) is 13.0 Å². The van der Waals surface area contributed by atoms with Crippen molar-refractivity contribution in [2.75, 3.05) is 0 Å². The van der Waals surface area contributed by atoms with Gasteiger partial charge < -0.3 is 9.47 Å². The van der Waals surface area contributed by atoms with Crippen molar-refractivity contribution in [1.29, 1.82) is 0 Å². The van der Waals surface area contributed by atoms with E-state index < -0.39 is 0 Å². The maximum absolute atomic E-state index is 5.48. The number of ether oxygens (including phenoxy) is 2. The summed E-state index contributed by atoms with van der Waals surface area (Å²) in [6, 6.07) is 0. The topological polar surface area (TPSA) is 18.5 Å². The third-order valence-corrected chi connectivity index (χ3v) is 1.77. The molecule has 1 aliphatic heterocycles. The van der Waals surface area contributed by atoms with Gasteiger partial charge in [0.1, 0.15) is 0 Å². The number of unbranched alkanes of at least 4 members (excludes halogenated alkanes) is 1. The molecule has 0 fully saturated rings. The van der Waals surface area contributed by atoms with Gasteiger partial charge in [-0.2, -0.15) is 0 Å². The van der Waals surface area contributed by atoms with E-state index in [2.05, 4.69) is 6.92 Å². The van der Waals surface area contributed by atoms with Crippen LogP contribution in [-0.4, -0.2) is 12.4 Å². The minimum Gasteiger partial charge on any atom is -0.473 e. The molecule has 0 aromatic heterocycles. The van der Waals surface area contributed by atoms with E-state index in [0.717, 1.165) is 6.42 Å². The number of hydrogen-bond acceptors (Lipinski definition) is 2. The highest BCUT2D eigenvalue weighted by molar-refractivity contribution is 4.87. The fraction of sp³-hybridized carbons (Fsp3) is 0.778. The fourth-order valence-electron chi connectivity index (χ4n) is 1.14. The van der Waals surface area contributed by atoms with Crippen molar-refractivity contribution in [1.82, 2.24) is 0 Å². The molecule has 0 spiro atoms. The van der Waals surface area contributed by atoms with E-state index in [1.54, 1.807) is 6.26 Å². The van der Waals surface area contributed by atoms with Gasteiger partial charge in [0.2, 0.25) is 0 Å². The molecule has 1 aliphatic rings. The second-order valence-electron chi connectivity index (χ2n) is 2.85. The summed E-state index contributed by atoms with van der Waals surface area (Å²) in [6.07, 6.45) is 7.50. The van der Waals surface area contributed by atoms with Crippen molar-refractivity contribution < 1.29 is 9.47 Å². The van der Waals surface area contributed by atoms with Crippen molar-refractivity contribution in [3.05, 3.63) is 12.3 Å². The molecule has 0 N–H and O–H groups in total. The minimum atomic E-state index is -0.0677. The summed E-state index contributed by atoms with van der Waals surface area (Å²) in [7, 11) is 0. The largest absolute Gasteiger partial charge is 0.473 e. The Balaban J connectivity index is 2.23. The quantitative estimate of drug-likeness (QED) is 0.625. The molecule has 2 nitrogen and oxygen atoms in total. The summed E-state index contributed by atoms with van der Waals surface area (Å²) in [5.74, 6) is 0. The van der Waals surface area contributed by atoms with Crippen molar-refractivity contribution in [3.63, 3.8) is 0 Å². The zero-order valence-electron chi connectivity index (χ0n) is 7.25. The van der Waals surface area contributed by atoms with E-state index in [9.17, 15) is 0 Å². The molecule has 2 heteroatoms. The molecule has 0 aliphatic carbocycles. The zero-order valence-corrected chi connectivity index (χ0v) is 7.25. The second-order valence-corrected chi connectivity index (χ2v) is 2.85. The van der Waals surface area contributed by atoms with E-state index in [4.69, 9.17) is 9.47 Å². The summed E-state index contributed by atoms with van der Waals surface area (Å²) < 4.78 is 10.6. The highest BCUT2D eigenvalue weighted by atomic mass is 16.7. The van der Waals surface area contributed by atoms with Crippen LogP contribution in [0.4, 0.5) is 0 Å². The molecular formula is C9H16O2. The van der Waals surface area contributed by atoms with Gasteiger partial charge in [-0.15, -0.1) is 0 Å². The van der Waals surface area contributed by atoms with Gasteiger partial charge in [0, 0.05) is 0 Å². The molecule has 0 aromatic carbocycles. The lowest BCUT2D eigenvalue weighted by atomic mass is 10.1. The van der Waals surface area contributed by atoms with E-state index in [1.165, 1.54) is 12.8 Å².